The number of ether oxygens (including phenoxy) is 1. The molecular weight excluding hydrogens is 228 g/mol. The summed E-state index contributed by atoms with van der Waals surface area (Å²) in [6.07, 6.45) is 8.90. The number of nitrogens with two attached hydrogens (primary N) is 1. The zero-order valence-electron chi connectivity index (χ0n) is 11.2. The van der Waals surface area contributed by atoms with Crippen molar-refractivity contribution in [3.63, 3.8) is 0 Å². The number of nitrogens with zero attached hydrogens (tertiary/aromatic N) is 3. The van der Waals surface area contributed by atoms with Crippen LogP contribution in [0.5, 0.6) is 0 Å². The van der Waals surface area contributed by atoms with Crippen LogP contribution in [-0.4, -0.2) is 27.7 Å². The first-order valence-corrected chi connectivity index (χ1v) is 7.06. The lowest BCUT2D eigenvalue weighted by Gasteiger charge is -2.23. The van der Waals surface area contributed by atoms with Gasteiger partial charge in [-0.25, -0.2) is 4.68 Å². The second-order valence-corrected chi connectivity index (χ2v) is 5.05. The molecule has 2 atom stereocenters. The summed E-state index contributed by atoms with van der Waals surface area (Å²) in [5.74, 6) is 0. The lowest BCUT2D eigenvalue weighted by Crippen LogP contribution is -2.22. The Morgan fingerprint density at radius 3 is 3.17 bits per heavy atom. The molecule has 0 radical (unpaired) electrons. The second kappa shape index (κ2) is 6.85. The molecule has 1 aromatic rings. The maximum Gasteiger partial charge on any atom is 0.0754 e. The SMILES string of the molecule is CCCn1nncc1C(N)CCC1CCCCO1. The van der Waals surface area contributed by atoms with Crippen LogP contribution in [0.2, 0.25) is 0 Å². The molecule has 2 heterocycles. The molecule has 0 spiro atoms. The van der Waals surface area contributed by atoms with E-state index in [9.17, 15) is 0 Å². The monoisotopic (exact) mass is 252 g/mol. The highest BCUT2D eigenvalue weighted by atomic mass is 16.5. The van der Waals surface area contributed by atoms with Crippen LogP contribution in [-0.2, 0) is 11.3 Å². The molecule has 2 N–H and O–H groups in total. The number of rotatable bonds is 6. The van der Waals surface area contributed by atoms with Crippen LogP contribution in [0.1, 0.15) is 57.2 Å². The summed E-state index contributed by atoms with van der Waals surface area (Å²) < 4.78 is 7.65. The zero-order valence-corrected chi connectivity index (χ0v) is 11.2. The van der Waals surface area contributed by atoms with Crippen LogP contribution >= 0.6 is 0 Å². The van der Waals surface area contributed by atoms with Gasteiger partial charge in [-0.3, -0.25) is 0 Å². The van der Waals surface area contributed by atoms with Crippen molar-refractivity contribution < 1.29 is 4.74 Å². The Morgan fingerprint density at radius 1 is 1.56 bits per heavy atom. The third-order valence-electron chi connectivity index (χ3n) is 3.54. The van der Waals surface area contributed by atoms with E-state index in [0.717, 1.165) is 38.1 Å². The van der Waals surface area contributed by atoms with Crippen molar-refractivity contribution in [1.82, 2.24) is 15.0 Å². The maximum atomic E-state index is 6.23. The van der Waals surface area contributed by atoms with Gasteiger partial charge in [0.25, 0.3) is 0 Å². The van der Waals surface area contributed by atoms with Gasteiger partial charge in [0.15, 0.2) is 0 Å². The van der Waals surface area contributed by atoms with Gasteiger partial charge in [-0.05, 0) is 38.5 Å². The third-order valence-corrected chi connectivity index (χ3v) is 3.54. The molecule has 1 aromatic heterocycles. The highest BCUT2D eigenvalue weighted by Crippen LogP contribution is 2.21. The first kappa shape index (κ1) is 13.5. The predicted octanol–water partition coefficient (Wildman–Crippen LogP) is 2.04. The Bertz CT molecular complexity index is 347. The predicted molar refractivity (Wildman–Crippen MR) is 70.1 cm³/mol. The summed E-state index contributed by atoms with van der Waals surface area (Å²) in [5, 5.41) is 8.04. The molecular formula is C13H24N4O. The van der Waals surface area contributed by atoms with Gasteiger partial charge in [0, 0.05) is 19.2 Å². The van der Waals surface area contributed by atoms with Crippen molar-refractivity contribution in [3.05, 3.63) is 11.9 Å². The standard InChI is InChI=1S/C13H24N4O/c1-2-8-17-13(10-15-16-17)12(14)7-6-11-5-3-4-9-18-11/h10-12H,2-9,14H2,1H3. The molecule has 0 aliphatic carbocycles. The molecule has 0 bridgehead atoms. The van der Waals surface area contributed by atoms with Gasteiger partial charge >= 0.3 is 0 Å². The Hall–Kier alpha value is -0.940. The van der Waals surface area contributed by atoms with Crippen LogP contribution in [0.25, 0.3) is 0 Å². The molecule has 2 rings (SSSR count). The van der Waals surface area contributed by atoms with Crippen molar-refractivity contribution in [2.24, 2.45) is 5.73 Å². The topological polar surface area (TPSA) is 66.0 Å². The lowest BCUT2D eigenvalue weighted by atomic mass is 10.0. The van der Waals surface area contributed by atoms with E-state index in [1.807, 2.05) is 4.68 Å². The highest BCUT2D eigenvalue weighted by Gasteiger charge is 2.18. The van der Waals surface area contributed by atoms with E-state index < -0.39 is 0 Å². The molecule has 102 valence electrons. The first-order valence-electron chi connectivity index (χ1n) is 7.06. The van der Waals surface area contributed by atoms with Crippen molar-refractivity contribution in [2.45, 2.75) is 64.1 Å². The van der Waals surface area contributed by atoms with Gasteiger partial charge in [0.05, 0.1) is 18.0 Å². The summed E-state index contributed by atoms with van der Waals surface area (Å²) in [6, 6.07) is 0.0251. The van der Waals surface area contributed by atoms with Crippen LogP contribution in [0, 0.1) is 0 Å². The van der Waals surface area contributed by atoms with Gasteiger partial charge in [-0.1, -0.05) is 12.1 Å². The van der Waals surface area contributed by atoms with Gasteiger partial charge in [0.1, 0.15) is 0 Å². The molecule has 0 aromatic carbocycles. The zero-order chi connectivity index (χ0) is 12.8. The van der Waals surface area contributed by atoms with Crippen LogP contribution in [0.4, 0.5) is 0 Å². The second-order valence-electron chi connectivity index (χ2n) is 5.05. The van der Waals surface area contributed by atoms with Crippen molar-refractivity contribution in [3.8, 4) is 0 Å². The Balaban J connectivity index is 1.82. The molecule has 1 aliphatic rings. The van der Waals surface area contributed by atoms with Gasteiger partial charge in [0.2, 0.25) is 0 Å². The molecule has 0 saturated carbocycles. The average molecular weight is 252 g/mol. The Morgan fingerprint density at radius 2 is 2.44 bits per heavy atom. The largest absolute Gasteiger partial charge is 0.378 e. The van der Waals surface area contributed by atoms with E-state index in [0.29, 0.717) is 6.10 Å². The van der Waals surface area contributed by atoms with Crippen molar-refractivity contribution in [1.29, 1.82) is 0 Å². The minimum absolute atomic E-state index is 0.0251. The van der Waals surface area contributed by atoms with E-state index in [-0.39, 0.29) is 6.04 Å². The van der Waals surface area contributed by atoms with Gasteiger partial charge in [-0.2, -0.15) is 0 Å². The average Bonchev–Trinajstić information content (AvgIpc) is 2.86. The van der Waals surface area contributed by atoms with E-state index >= 15 is 0 Å². The van der Waals surface area contributed by atoms with Crippen LogP contribution in [0.15, 0.2) is 6.20 Å². The number of hydrogen-bond acceptors (Lipinski definition) is 4. The fraction of sp³-hybridized carbons (Fsp3) is 0.846. The molecule has 5 nitrogen and oxygen atoms in total. The minimum Gasteiger partial charge on any atom is -0.378 e. The number of aromatic nitrogens is 3. The molecule has 1 fully saturated rings. The number of aryl methyl sites for hydroxylation is 1. The van der Waals surface area contributed by atoms with E-state index in [4.69, 9.17) is 10.5 Å². The number of hydrogen-bond donors (Lipinski definition) is 1. The van der Waals surface area contributed by atoms with E-state index in [2.05, 4.69) is 17.2 Å². The normalized spacial score (nSPS) is 22.0. The highest BCUT2D eigenvalue weighted by molar-refractivity contribution is 5.01. The van der Waals surface area contributed by atoms with Crippen LogP contribution in [0.3, 0.4) is 0 Å². The summed E-state index contributed by atoms with van der Waals surface area (Å²) in [7, 11) is 0. The molecule has 2 unspecified atom stereocenters. The van der Waals surface area contributed by atoms with Gasteiger partial charge < -0.3 is 10.5 Å². The quantitative estimate of drug-likeness (QED) is 0.841. The van der Waals surface area contributed by atoms with Gasteiger partial charge in [-0.15, -0.1) is 5.10 Å². The van der Waals surface area contributed by atoms with Crippen molar-refractivity contribution >= 4 is 0 Å². The third kappa shape index (κ3) is 3.53. The summed E-state index contributed by atoms with van der Waals surface area (Å²) in [4.78, 5) is 0. The summed E-state index contributed by atoms with van der Waals surface area (Å²) in [5.41, 5.74) is 7.28. The maximum absolute atomic E-state index is 6.23. The minimum atomic E-state index is 0.0251. The van der Waals surface area contributed by atoms with E-state index in [1.165, 1.54) is 19.3 Å². The Labute approximate surface area is 109 Å². The molecule has 5 heteroatoms. The fourth-order valence-corrected chi connectivity index (χ4v) is 2.49. The smallest absolute Gasteiger partial charge is 0.0754 e. The molecule has 1 aliphatic heterocycles. The molecule has 0 amide bonds. The fourth-order valence-electron chi connectivity index (χ4n) is 2.49. The van der Waals surface area contributed by atoms with Crippen LogP contribution < -0.4 is 5.73 Å². The Kier molecular flexibility index (Phi) is 5.13. The summed E-state index contributed by atoms with van der Waals surface area (Å²) in [6.45, 7) is 3.94. The van der Waals surface area contributed by atoms with E-state index in [1.54, 1.807) is 6.20 Å². The lowest BCUT2D eigenvalue weighted by molar-refractivity contribution is 0.00901. The first-order chi connectivity index (χ1) is 8.81. The van der Waals surface area contributed by atoms with Crippen molar-refractivity contribution in [2.75, 3.05) is 6.61 Å². The summed E-state index contributed by atoms with van der Waals surface area (Å²) >= 11 is 0. The molecule has 18 heavy (non-hydrogen) atoms. The molecule has 1 saturated heterocycles.